The Hall–Kier alpha value is -2.24. The lowest BCUT2D eigenvalue weighted by atomic mass is 10.1. The smallest absolute Gasteiger partial charge is 0.417 e. The summed E-state index contributed by atoms with van der Waals surface area (Å²) < 4.78 is 4.93. The number of aromatic nitrogens is 1. The number of carboxylic acid groups (broad SMARTS) is 1. The van der Waals surface area contributed by atoms with Gasteiger partial charge in [-0.25, -0.2) is 4.79 Å². The fourth-order valence-corrected chi connectivity index (χ4v) is 1.61. The van der Waals surface area contributed by atoms with Crippen LogP contribution in [-0.2, 0) is 4.79 Å². The molecule has 0 spiro atoms. The lowest BCUT2D eigenvalue weighted by molar-refractivity contribution is -0.141. The number of aromatic amines is 1. The van der Waals surface area contributed by atoms with Gasteiger partial charge in [-0.15, -0.1) is 0 Å². The molecule has 18 heavy (non-hydrogen) atoms. The minimum atomic E-state index is -0.802. The summed E-state index contributed by atoms with van der Waals surface area (Å²) in [4.78, 5) is 24.2. The number of rotatable bonds is 5. The molecule has 0 radical (unpaired) electrons. The quantitative estimate of drug-likeness (QED) is 0.749. The van der Waals surface area contributed by atoms with Gasteiger partial charge in [0, 0.05) is 18.3 Å². The zero-order valence-corrected chi connectivity index (χ0v) is 9.90. The molecule has 0 saturated heterocycles. The molecule has 2 aromatic rings. The number of anilines is 1. The summed E-state index contributed by atoms with van der Waals surface area (Å²) in [6.45, 7) is 2.21. The van der Waals surface area contributed by atoms with Crippen LogP contribution in [0, 0.1) is 5.92 Å². The van der Waals surface area contributed by atoms with Gasteiger partial charge in [0.1, 0.15) is 0 Å². The molecule has 0 bridgehead atoms. The molecule has 1 unspecified atom stereocenters. The fourth-order valence-electron chi connectivity index (χ4n) is 1.61. The molecule has 1 aromatic carbocycles. The first-order valence-corrected chi connectivity index (χ1v) is 5.66. The largest absolute Gasteiger partial charge is 0.481 e. The van der Waals surface area contributed by atoms with Gasteiger partial charge in [0.2, 0.25) is 0 Å². The number of hydrogen-bond donors (Lipinski definition) is 3. The van der Waals surface area contributed by atoms with Crippen molar-refractivity contribution in [1.29, 1.82) is 0 Å². The summed E-state index contributed by atoms with van der Waals surface area (Å²) in [6, 6.07) is 5.25. The van der Waals surface area contributed by atoms with Crippen LogP contribution in [0.3, 0.4) is 0 Å². The lowest BCUT2D eigenvalue weighted by Crippen LogP contribution is -2.14. The van der Waals surface area contributed by atoms with Crippen molar-refractivity contribution in [2.75, 3.05) is 11.9 Å². The predicted molar refractivity (Wildman–Crippen MR) is 66.7 cm³/mol. The first-order chi connectivity index (χ1) is 8.56. The number of carbonyl (C=O) groups is 1. The average Bonchev–Trinajstić information content (AvgIpc) is 2.68. The highest BCUT2D eigenvalue weighted by Gasteiger charge is 2.09. The highest BCUT2D eigenvalue weighted by atomic mass is 16.4. The van der Waals surface area contributed by atoms with Crippen molar-refractivity contribution in [1.82, 2.24) is 4.98 Å². The molecule has 96 valence electrons. The Morgan fingerprint density at radius 3 is 3.06 bits per heavy atom. The molecular weight excluding hydrogens is 236 g/mol. The van der Waals surface area contributed by atoms with E-state index in [1.165, 1.54) is 0 Å². The molecule has 0 aliphatic heterocycles. The molecule has 3 N–H and O–H groups in total. The van der Waals surface area contributed by atoms with Crippen LogP contribution >= 0.6 is 0 Å². The number of carboxylic acids is 1. The minimum Gasteiger partial charge on any atom is -0.481 e. The predicted octanol–water partition coefficient (Wildman–Crippen LogP) is 1.64. The van der Waals surface area contributed by atoms with Gasteiger partial charge in [0.25, 0.3) is 0 Å². The van der Waals surface area contributed by atoms with E-state index in [9.17, 15) is 9.59 Å². The van der Waals surface area contributed by atoms with Gasteiger partial charge in [-0.3, -0.25) is 9.78 Å². The van der Waals surface area contributed by atoms with Crippen LogP contribution in [0.15, 0.2) is 27.4 Å². The van der Waals surface area contributed by atoms with Crippen LogP contribution in [-0.4, -0.2) is 22.6 Å². The Morgan fingerprint density at radius 1 is 1.56 bits per heavy atom. The summed E-state index contributed by atoms with van der Waals surface area (Å²) in [7, 11) is 0. The van der Waals surface area contributed by atoms with Gasteiger partial charge in [0.05, 0.1) is 11.4 Å². The summed E-state index contributed by atoms with van der Waals surface area (Å²) in [5.74, 6) is -1.67. The molecule has 0 fully saturated rings. The molecule has 1 heterocycles. The second-order valence-corrected chi connectivity index (χ2v) is 4.18. The second kappa shape index (κ2) is 4.95. The maximum absolute atomic E-state index is 11.0. The highest BCUT2D eigenvalue weighted by molar-refractivity contribution is 5.76. The first kappa shape index (κ1) is 12.2. The van der Waals surface area contributed by atoms with Crippen molar-refractivity contribution in [2.24, 2.45) is 5.92 Å². The van der Waals surface area contributed by atoms with Crippen LogP contribution in [0.4, 0.5) is 5.69 Å². The van der Waals surface area contributed by atoms with Crippen molar-refractivity contribution in [2.45, 2.75) is 13.3 Å². The van der Waals surface area contributed by atoms with Crippen LogP contribution in [0.25, 0.3) is 11.1 Å². The molecule has 0 aliphatic carbocycles. The van der Waals surface area contributed by atoms with E-state index in [2.05, 4.69) is 10.3 Å². The van der Waals surface area contributed by atoms with Gasteiger partial charge in [-0.2, -0.15) is 0 Å². The zero-order valence-electron chi connectivity index (χ0n) is 9.90. The molecule has 1 atom stereocenters. The van der Waals surface area contributed by atoms with Crippen molar-refractivity contribution in [3.05, 3.63) is 28.7 Å². The number of oxazole rings is 1. The van der Waals surface area contributed by atoms with E-state index in [1.54, 1.807) is 25.1 Å². The van der Waals surface area contributed by atoms with E-state index in [4.69, 9.17) is 9.52 Å². The summed E-state index contributed by atoms with van der Waals surface area (Å²) >= 11 is 0. The molecule has 0 amide bonds. The van der Waals surface area contributed by atoms with Crippen LogP contribution in [0.2, 0.25) is 0 Å². The van der Waals surface area contributed by atoms with Crippen molar-refractivity contribution >= 4 is 22.8 Å². The van der Waals surface area contributed by atoms with Gasteiger partial charge >= 0.3 is 11.7 Å². The summed E-state index contributed by atoms with van der Waals surface area (Å²) in [5, 5.41) is 11.8. The minimum absolute atomic E-state index is 0.383. The maximum Gasteiger partial charge on any atom is 0.417 e. The van der Waals surface area contributed by atoms with Crippen molar-refractivity contribution < 1.29 is 14.3 Å². The van der Waals surface area contributed by atoms with E-state index in [1.807, 2.05) is 0 Å². The third kappa shape index (κ3) is 2.71. The van der Waals surface area contributed by atoms with Gasteiger partial charge in [-0.1, -0.05) is 6.92 Å². The molecule has 2 rings (SSSR count). The number of aliphatic carboxylic acids is 1. The van der Waals surface area contributed by atoms with Crippen LogP contribution < -0.4 is 11.1 Å². The molecular formula is C12H14N2O4. The number of hydrogen-bond acceptors (Lipinski definition) is 4. The Labute approximate surface area is 103 Å². The third-order valence-corrected chi connectivity index (χ3v) is 2.75. The number of H-pyrrole nitrogens is 1. The highest BCUT2D eigenvalue weighted by Crippen LogP contribution is 2.16. The zero-order chi connectivity index (χ0) is 13.1. The summed E-state index contributed by atoms with van der Waals surface area (Å²) in [5.41, 5.74) is 1.92. The summed E-state index contributed by atoms with van der Waals surface area (Å²) in [6.07, 6.45) is 0.532. The Bertz CT molecular complexity index is 614. The standard InChI is InChI=1S/C12H14N2O4/c1-7(11(15)16)4-5-13-8-2-3-9-10(6-8)18-12(17)14-9/h2-3,6-7,13H,4-5H2,1H3,(H,14,17)(H,15,16). The van der Waals surface area contributed by atoms with E-state index in [0.717, 1.165) is 5.69 Å². The molecule has 0 saturated carbocycles. The average molecular weight is 250 g/mol. The van der Waals surface area contributed by atoms with E-state index < -0.39 is 11.7 Å². The Morgan fingerprint density at radius 2 is 2.33 bits per heavy atom. The molecule has 0 aliphatic rings. The monoisotopic (exact) mass is 250 g/mol. The molecule has 6 nitrogen and oxygen atoms in total. The van der Waals surface area contributed by atoms with Crippen molar-refractivity contribution in [3.63, 3.8) is 0 Å². The third-order valence-electron chi connectivity index (χ3n) is 2.75. The lowest BCUT2D eigenvalue weighted by Gasteiger charge is -2.08. The Kier molecular flexibility index (Phi) is 3.36. The Balaban J connectivity index is 1.99. The fraction of sp³-hybridized carbons (Fsp3) is 0.333. The van der Waals surface area contributed by atoms with E-state index >= 15 is 0 Å². The normalized spacial score (nSPS) is 12.5. The van der Waals surface area contributed by atoms with Crippen molar-refractivity contribution in [3.8, 4) is 0 Å². The molecule has 1 aromatic heterocycles. The van der Waals surface area contributed by atoms with Gasteiger partial charge in [0.15, 0.2) is 5.58 Å². The first-order valence-electron chi connectivity index (χ1n) is 5.66. The number of benzene rings is 1. The van der Waals surface area contributed by atoms with E-state index in [0.29, 0.717) is 24.1 Å². The maximum atomic E-state index is 11.0. The van der Waals surface area contributed by atoms with E-state index in [-0.39, 0.29) is 5.92 Å². The SMILES string of the molecule is CC(CCNc1ccc2[nH]c(=O)oc2c1)C(=O)O. The van der Waals surface area contributed by atoms with Gasteiger partial charge < -0.3 is 14.8 Å². The molecule has 6 heteroatoms. The van der Waals surface area contributed by atoms with Gasteiger partial charge in [-0.05, 0) is 18.6 Å². The number of nitrogens with one attached hydrogen (secondary N) is 2. The number of fused-ring (bicyclic) bond motifs is 1. The topological polar surface area (TPSA) is 95.3 Å². The van der Waals surface area contributed by atoms with Crippen LogP contribution in [0.5, 0.6) is 0 Å². The van der Waals surface area contributed by atoms with Crippen LogP contribution in [0.1, 0.15) is 13.3 Å². The second-order valence-electron chi connectivity index (χ2n) is 4.18.